The van der Waals surface area contributed by atoms with E-state index in [0.717, 1.165) is 10.8 Å². The van der Waals surface area contributed by atoms with E-state index in [4.69, 9.17) is 19.7 Å². The maximum atomic E-state index is 11.2. The zero-order valence-electron chi connectivity index (χ0n) is 31.0. The number of ether oxygens (including phenoxy) is 8. The Labute approximate surface area is 302 Å². The van der Waals surface area contributed by atoms with Crippen LogP contribution in [0.2, 0.25) is 0 Å². The Balaban J connectivity index is -0.000000689. The second-order valence-electron chi connectivity index (χ2n) is 10.6. The van der Waals surface area contributed by atoms with Gasteiger partial charge in [0, 0.05) is 63.9 Å². The molecule has 0 saturated heterocycles. The van der Waals surface area contributed by atoms with Crippen LogP contribution in [0, 0.1) is 42.7 Å². The average molecular weight is 1530 g/mol. The smallest absolute Gasteiger partial charge is 0.248 e. The molecule has 0 spiro atoms. The fraction of sp³-hybridized carbons (Fsp3) is 0.333. The van der Waals surface area contributed by atoms with Crippen LogP contribution in [0.4, 0.5) is 0 Å². The molecular weight excluding hydrogens is 1490 g/mol. The normalized spacial score (nSPS) is 11.3. The summed E-state index contributed by atoms with van der Waals surface area (Å²) in [6, 6.07) is 17.1. The molecule has 2 heterocycles. The first kappa shape index (κ1) is 52.4. The minimum Gasteiger partial charge on any atom is -0.553 e. The molecule has 19 heteroatoms. The average Bonchev–Trinajstić information content (AvgIpc) is 3.11. The number of aliphatic hydroxyl groups excluding tert-OH is 4. The molecule has 2 unspecified atom stereocenters. The van der Waals surface area contributed by atoms with Crippen molar-refractivity contribution < 1.29 is 58.3 Å². The van der Waals surface area contributed by atoms with Gasteiger partial charge in [0.15, 0.2) is 0 Å². The van der Waals surface area contributed by atoms with Gasteiger partial charge >= 0.3 is 0 Å². The quantitative estimate of drug-likeness (QED) is 0.0787. The van der Waals surface area contributed by atoms with E-state index < -0.39 is 24.4 Å². The van der Waals surface area contributed by atoms with Crippen molar-refractivity contribution in [2.75, 3.05) is 52.9 Å². The number of rotatable bonds is 18. The van der Waals surface area contributed by atoms with Gasteiger partial charge in [-0.1, -0.05) is 0 Å². The number of nitrogens with one attached hydrogen (secondary N) is 2. The van der Waals surface area contributed by atoms with Gasteiger partial charge in [-0.25, -0.2) is 42.7 Å². The minimum absolute atomic E-state index is 0. The summed E-state index contributed by atoms with van der Waals surface area (Å²) in [7, 11) is 18.6. The monoisotopic (exact) mass is 1530 g/mol. The molecule has 2 atom stereocenters. The van der Waals surface area contributed by atoms with Gasteiger partial charge in [-0.3, -0.25) is 9.59 Å². The Bertz CT molecular complexity index is 1500. The maximum Gasteiger partial charge on any atom is 0.248 e. The molecule has 0 bridgehead atoms. The Hall–Kier alpha value is -6.94. The molecule has 55 heavy (non-hydrogen) atoms. The summed E-state index contributed by atoms with van der Waals surface area (Å²) in [5.74, 6) is 1.15. The van der Waals surface area contributed by atoms with Crippen LogP contribution in [-0.2, 0) is 28.4 Å². The number of aliphatic hydroxyl groups is 4. The molecule has 4 rings (SSSR count). The van der Waals surface area contributed by atoms with Crippen molar-refractivity contribution in [3.63, 3.8) is 0 Å². The molecule has 0 radical (unpaired) electrons. The maximum absolute atomic E-state index is 11.2. The summed E-state index contributed by atoms with van der Waals surface area (Å²) in [5.41, 5.74) is 1.07. The van der Waals surface area contributed by atoms with E-state index in [1.54, 1.807) is 36.4 Å². The molecule has 0 amide bonds. The first-order valence-electron chi connectivity index (χ1n) is 15.5. The largest absolute Gasteiger partial charge is 0.553 e. The fourth-order valence-electron chi connectivity index (χ4n) is 3.83. The molecule has 0 aliphatic heterocycles. The van der Waals surface area contributed by atoms with Crippen molar-refractivity contribution in [2.45, 2.75) is 24.4 Å². The number of aromatic nitrogens is 2. The molecule has 4 aromatic rings. The van der Waals surface area contributed by atoms with E-state index in [0.29, 0.717) is 22.5 Å². The van der Waals surface area contributed by atoms with Crippen LogP contribution in [0.1, 0.15) is 0 Å². The summed E-state index contributed by atoms with van der Waals surface area (Å²) in [5, 5.41) is 38.1. The number of pyridine rings is 2. The predicted octanol–water partition coefficient (Wildman–Crippen LogP) is 2.08. The topological polar surface area (TPSA) is 220 Å². The van der Waals surface area contributed by atoms with Crippen molar-refractivity contribution in [2.24, 2.45) is 0 Å². The van der Waals surface area contributed by atoms with E-state index in [1.807, 2.05) is 12.1 Å². The molecule has 0 saturated carbocycles. The van der Waals surface area contributed by atoms with Crippen molar-refractivity contribution in [3.8, 4) is 11.5 Å². The number of hydrogen-bond donors (Lipinski definition) is 6. The third kappa shape index (κ3) is 22.6. The first-order chi connectivity index (χ1) is 25.0. The van der Waals surface area contributed by atoms with Gasteiger partial charge in [-0.05, 0) is 47.2 Å². The third-order valence-electron chi connectivity index (χ3n) is 6.14. The second-order valence-corrected chi connectivity index (χ2v) is 10.6. The summed E-state index contributed by atoms with van der Waals surface area (Å²) < 4.78 is 37.3. The molecule has 0 fully saturated rings. The molecule has 0 aliphatic carbocycles. The van der Waals surface area contributed by atoms with Crippen LogP contribution in [0.5, 0.6) is 11.5 Å². The van der Waals surface area contributed by atoms with E-state index in [-0.39, 0.29) is 64.0 Å². The van der Waals surface area contributed by atoms with Gasteiger partial charge in [-0.2, -0.15) is 0 Å². The van der Waals surface area contributed by atoms with Crippen LogP contribution >= 0.6 is 0 Å². The molecular formula is C36H48N2O14Rf3-6. The van der Waals surface area contributed by atoms with Crippen LogP contribution < -0.4 is 20.6 Å². The Kier molecular flexibility index (Phi) is 29.2. The summed E-state index contributed by atoms with van der Waals surface area (Å²) in [6.07, 6.45) is -2.67. The molecule has 2 aromatic carbocycles. The number of aromatic amines is 2. The van der Waals surface area contributed by atoms with Gasteiger partial charge in [0.05, 0.1) is 23.2 Å². The van der Waals surface area contributed by atoms with Gasteiger partial charge in [0.2, 0.25) is 11.1 Å². The van der Waals surface area contributed by atoms with E-state index in [9.17, 15) is 19.8 Å². The SMILES string of the molecule is [CH2-]OCC(O)CO[CH2-].[CH2-]OCC(O)CO[CH2-].[CH2-]OCC(O)COc1ccc2ccc(=O)[nH]c2c1.[CH2-]OCC(O)COc1ccc2ccc(=O)[nH]c2c1.[Rf].[Rf].[Rf]. The van der Waals surface area contributed by atoms with Gasteiger partial charge in [0.25, 0.3) is 0 Å². The van der Waals surface area contributed by atoms with Crippen LogP contribution in [-0.4, -0.2) is 108 Å². The third-order valence-corrected chi connectivity index (χ3v) is 6.14. The molecule has 0 aliphatic rings. The van der Waals surface area contributed by atoms with Gasteiger partial charge in [0.1, 0.15) is 36.9 Å². The van der Waals surface area contributed by atoms with E-state index >= 15 is 0 Å². The Morgan fingerprint density at radius 1 is 0.436 bits per heavy atom. The van der Waals surface area contributed by atoms with Crippen LogP contribution in [0.3, 0.4) is 0 Å². The Morgan fingerprint density at radius 2 is 0.691 bits per heavy atom. The van der Waals surface area contributed by atoms with Crippen molar-refractivity contribution in [1.82, 2.24) is 9.97 Å². The van der Waals surface area contributed by atoms with Crippen LogP contribution in [0.25, 0.3) is 21.8 Å². The van der Waals surface area contributed by atoms with Gasteiger partial charge < -0.3 is 68.3 Å². The molecule has 6 N–H and O–H groups in total. The summed E-state index contributed by atoms with van der Waals surface area (Å²) in [6.45, 7) is 1.21. The minimum atomic E-state index is -0.729. The number of benzene rings is 2. The summed E-state index contributed by atoms with van der Waals surface area (Å²) >= 11 is 0. The van der Waals surface area contributed by atoms with Gasteiger partial charge in [-0.15, -0.1) is 0 Å². The fourth-order valence-corrected chi connectivity index (χ4v) is 3.83. The second kappa shape index (κ2) is 30.7. The summed E-state index contributed by atoms with van der Waals surface area (Å²) in [4.78, 5) is 27.8. The standard InChI is InChI=1S/2C13H14NO4.2C5H10O3.3Rf/c2*1-17-7-10(15)8-18-11-4-2-9-3-5-13(16)14-12(9)6-11;2*1-7-3-5(6)4-8-2;;;/h2*2-6,10,15H,1,7-8H2,(H,14,16);2*5-6H,1-4H2;;;/q2*-1;2*-2;;;. The Morgan fingerprint density at radius 3 is 0.964 bits per heavy atom. The first-order valence-corrected chi connectivity index (χ1v) is 15.5. The van der Waals surface area contributed by atoms with Crippen molar-refractivity contribution in [3.05, 3.63) is 124 Å². The van der Waals surface area contributed by atoms with E-state index in [2.05, 4.69) is 81.0 Å². The van der Waals surface area contributed by atoms with Crippen LogP contribution in [0.15, 0.2) is 70.3 Å². The zero-order chi connectivity index (χ0) is 38.7. The molecule has 16 nitrogen and oxygen atoms in total. The molecule has 2 aromatic heterocycles. The predicted molar refractivity (Wildman–Crippen MR) is 192 cm³/mol. The zero-order valence-corrected chi connectivity index (χ0v) is 50.2. The van der Waals surface area contributed by atoms with E-state index in [1.165, 1.54) is 12.1 Å². The van der Waals surface area contributed by atoms with Crippen molar-refractivity contribution in [1.29, 1.82) is 0 Å². The van der Waals surface area contributed by atoms with Crippen molar-refractivity contribution >= 4 is 21.8 Å². The number of H-pyrrole nitrogens is 2. The number of fused-ring (bicyclic) bond motifs is 2. The molecule has 298 valence electrons. The number of hydrogen-bond acceptors (Lipinski definition) is 14.